The quantitative estimate of drug-likeness (QED) is 0.584. The van der Waals surface area contributed by atoms with Gasteiger partial charge in [0.15, 0.2) is 5.69 Å². The number of para-hydroxylation sites is 1. The first kappa shape index (κ1) is 17.0. The van der Waals surface area contributed by atoms with E-state index in [4.69, 9.17) is 0 Å². The lowest BCUT2D eigenvalue weighted by Gasteiger charge is -2.08. The van der Waals surface area contributed by atoms with Gasteiger partial charge in [0.25, 0.3) is 5.91 Å². The number of nitrogens with one attached hydrogen (secondary N) is 2. The van der Waals surface area contributed by atoms with E-state index in [1.165, 1.54) is 16.8 Å². The number of hydrogen-bond donors (Lipinski definition) is 2. The van der Waals surface area contributed by atoms with Crippen LogP contribution in [0.3, 0.4) is 0 Å². The predicted molar refractivity (Wildman–Crippen MR) is 101 cm³/mol. The lowest BCUT2D eigenvalue weighted by atomic mass is 10.1. The van der Waals surface area contributed by atoms with E-state index in [1.54, 1.807) is 7.05 Å². The maximum absolute atomic E-state index is 13.5. The first-order valence-electron chi connectivity index (χ1n) is 8.54. The third kappa shape index (κ3) is 3.08. The van der Waals surface area contributed by atoms with Crippen molar-refractivity contribution in [3.63, 3.8) is 0 Å². The summed E-state index contributed by atoms with van der Waals surface area (Å²) in [5.74, 6) is -1.10. The van der Waals surface area contributed by atoms with Crippen molar-refractivity contribution in [3.8, 4) is 0 Å². The van der Waals surface area contributed by atoms with E-state index in [9.17, 15) is 14.0 Å². The summed E-state index contributed by atoms with van der Waals surface area (Å²) >= 11 is 0. The lowest BCUT2D eigenvalue weighted by Crippen LogP contribution is -2.33. The fraction of sp³-hybridized carbons (Fsp3) is 0.150. The van der Waals surface area contributed by atoms with Crippen molar-refractivity contribution in [1.82, 2.24) is 20.1 Å². The molecular formula is C20H17FN4O2. The molecule has 6 nitrogen and oxygen atoms in total. The summed E-state index contributed by atoms with van der Waals surface area (Å²) in [5, 5.41) is 8.02. The molecule has 0 aliphatic heterocycles. The molecule has 0 radical (unpaired) electrons. The van der Waals surface area contributed by atoms with Crippen LogP contribution < -0.4 is 10.7 Å². The van der Waals surface area contributed by atoms with Gasteiger partial charge in [-0.1, -0.05) is 18.2 Å². The highest BCUT2D eigenvalue weighted by molar-refractivity contribution is 5.95. The van der Waals surface area contributed by atoms with Gasteiger partial charge in [0.2, 0.25) is 5.43 Å². The average molecular weight is 364 g/mol. The number of carbonyl (C=O) groups is 1. The number of halogens is 1. The van der Waals surface area contributed by atoms with E-state index in [2.05, 4.69) is 15.4 Å². The van der Waals surface area contributed by atoms with Crippen molar-refractivity contribution in [2.75, 3.05) is 6.54 Å². The molecule has 0 aliphatic rings. The number of benzene rings is 2. The Morgan fingerprint density at radius 1 is 1.22 bits per heavy atom. The number of aromatic nitrogens is 3. The number of hydrogen-bond acceptors (Lipinski definition) is 3. The fourth-order valence-electron chi connectivity index (χ4n) is 3.23. The highest BCUT2D eigenvalue weighted by Gasteiger charge is 2.17. The average Bonchev–Trinajstić information content (AvgIpc) is 3.07. The van der Waals surface area contributed by atoms with Gasteiger partial charge < -0.3 is 10.3 Å². The molecule has 4 aromatic rings. The van der Waals surface area contributed by atoms with Crippen LogP contribution >= 0.6 is 0 Å². The van der Waals surface area contributed by atoms with Crippen LogP contribution in [0.25, 0.3) is 21.8 Å². The fourth-order valence-corrected chi connectivity index (χ4v) is 3.23. The minimum absolute atomic E-state index is 0.134. The van der Waals surface area contributed by atoms with Crippen LogP contribution in [-0.2, 0) is 13.5 Å². The summed E-state index contributed by atoms with van der Waals surface area (Å²) < 4.78 is 14.9. The Labute approximate surface area is 153 Å². The molecular weight excluding hydrogens is 347 g/mol. The number of aryl methyl sites for hydroxylation is 1. The number of H-pyrrole nitrogens is 1. The number of carbonyl (C=O) groups excluding carboxylic acids is 1. The zero-order valence-corrected chi connectivity index (χ0v) is 14.6. The van der Waals surface area contributed by atoms with E-state index < -0.39 is 17.2 Å². The molecule has 0 aliphatic carbocycles. The Bertz CT molecular complexity index is 1230. The summed E-state index contributed by atoms with van der Waals surface area (Å²) in [6.45, 7) is 0.354. The molecule has 2 N–H and O–H groups in total. The number of fused-ring (bicyclic) bond motifs is 2. The zero-order valence-electron chi connectivity index (χ0n) is 14.6. The van der Waals surface area contributed by atoms with Gasteiger partial charge in [0, 0.05) is 30.7 Å². The maximum Gasteiger partial charge on any atom is 0.275 e. The largest absolute Gasteiger partial charge is 0.361 e. The molecule has 0 saturated carbocycles. The van der Waals surface area contributed by atoms with Crippen LogP contribution in [-0.4, -0.2) is 27.2 Å². The first-order valence-corrected chi connectivity index (χ1v) is 8.54. The third-order valence-corrected chi connectivity index (χ3v) is 4.59. The molecule has 0 fully saturated rings. The Kier molecular flexibility index (Phi) is 4.19. The molecule has 0 saturated heterocycles. The monoisotopic (exact) mass is 364 g/mol. The molecule has 2 heterocycles. The standard InChI is InChI=1S/C20H17FN4O2/c1-25-17-7-6-13(21)10-15(17)19(26)18(24-25)20(27)22-9-8-12-11-23-16-5-3-2-4-14(12)16/h2-7,10-11,23H,8-9H2,1H3,(H,22,27). The highest BCUT2D eigenvalue weighted by atomic mass is 19.1. The molecule has 2 aromatic heterocycles. The van der Waals surface area contributed by atoms with E-state index >= 15 is 0 Å². The summed E-state index contributed by atoms with van der Waals surface area (Å²) in [4.78, 5) is 28.2. The maximum atomic E-state index is 13.5. The van der Waals surface area contributed by atoms with Crippen LogP contribution in [0, 0.1) is 5.82 Å². The summed E-state index contributed by atoms with van der Waals surface area (Å²) in [7, 11) is 1.61. The van der Waals surface area contributed by atoms with Gasteiger partial charge >= 0.3 is 0 Å². The van der Waals surface area contributed by atoms with Crippen molar-refractivity contribution in [1.29, 1.82) is 0 Å². The minimum atomic E-state index is -0.577. The molecule has 0 bridgehead atoms. The Morgan fingerprint density at radius 2 is 2.04 bits per heavy atom. The Morgan fingerprint density at radius 3 is 2.89 bits per heavy atom. The summed E-state index contributed by atoms with van der Waals surface area (Å²) in [5.41, 5.74) is 1.76. The van der Waals surface area contributed by atoms with E-state index in [0.717, 1.165) is 22.5 Å². The molecule has 4 rings (SSSR count). The molecule has 0 spiro atoms. The van der Waals surface area contributed by atoms with Crippen molar-refractivity contribution in [3.05, 3.63) is 76.0 Å². The minimum Gasteiger partial charge on any atom is -0.361 e. The van der Waals surface area contributed by atoms with Crippen LogP contribution in [0.1, 0.15) is 16.1 Å². The number of rotatable bonds is 4. The van der Waals surface area contributed by atoms with Crippen LogP contribution in [0.4, 0.5) is 4.39 Å². The van der Waals surface area contributed by atoms with Crippen LogP contribution in [0.15, 0.2) is 53.5 Å². The Hall–Kier alpha value is -3.48. The van der Waals surface area contributed by atoms with Gasteiger partial charge in [-0.2, -0.15) is 5.10 Å². The molecule has 7 heteroatoms. The van der Waals surface area contributed by atoms with Crippen molar-refractivity contribution < 1.29 is 9.18 Å². The van der Waals surface area contributed by atoms with Crippen LogP contribution in [0.2, 0.25) is 0 Å². The number of amides is 1. The molecule has 136 valence electrons. The summed E-state index contributed by atoms with van der Waals surface area (Å²) in [6.07, 6.45) is 2.52. The first-order chi connectivity index (χ1) is 13.0. The number of aromatic amines is 1. The third-order valence-electron chi connectivity index (χ3n) is 4.59. The Balaban J connectivity index is 1.55. The predicted octanol–water partition coefficient (Wildman–Crippen LogP) is 2.53. The SMILES string of the molecule is Cn1nc(C(=O)NCCc2c[nH]c3ccccc23)c(=O)c2cc(F)ccc21. The van der Waals surface area contributed by atoms with Gasteiger partial charge in [-0.05, 0) is 36.2 Å². The van der Waals surface area contributed by atoms with Gasteiger partial charge in [-0.3, -0.25) is 14.3 Å². The van der Waals surface area contributed by atoms with Gasteiger partial charge in [-0.15, -0.1) is 0 Å². The smallest absolute Gasteiger partial charge is 0.275 e. The second-order valence-electron chi connectivity index (χ2n) is 6.33. The van der Waals surface area contributed by atoms with Crippen molar-refractivity contribution in [2.24, 2.45) is 7.05 Å². The molecule has 0 atom stereocenters. The highest BCUT2D eigenvalue weighted by Crippen LogP contribution is 2.17. The second-order valence-corrected chi connectivity index (χ2v) is 6.33. The van der Waals surface area contributed by atoms with E-state index in [0.29, 0.717) is 18.5 Å². The van der Waals surface area contributed by atoms with Crippen molar-refractivity contribution >= 4 is 27.7 Å². The molecule has 27 heavy (non-hydrogen) atoms. The molecule has 0 unspecified atom stereocenters. The zero-order chi connectivity index (χ0) is 19.0. The second kappa shape index (κ2) is 6.68. The number of nitrogens with zero attached hydrogens (tertiary/aromatic N) is 2. The van der Waals surface area contributed by atoms with Gasteiger partial charge in [0.05, 0.1) is 10.9 Å². The molecule has 1 amide bonds. The van der Waals surface area contributed by atoms with Gasteiger partial charge in [0.1, 0.15) is 5.82 Å². The van der Waals surface area contributed by atoms with Crippen LogP contribution in [0.5, 0.6) is 0 Å². The van der Waals surface area contributed by atoms with E-state index in [1.807, 2.05) is 30.5 Å². The molecule has 2 aromatic carbocycles. The topological polar surface area (TPSA) is 79.8 Å². The summed E-state index contributed by atoms with van der Waals surface area (Å²) in [6, 6.07) is 11.8. The van der Waals surface area contributed by atoms with Gasteiger partial charge in [-0.25, -0.2) is 4.39 Å². The lowest BCUT2D eigenvalue weighted by molar-refractivity contribution is 0.0946. The van der Waals surface area contributed by atoms with Crippen molar-refractivity contribution in [2.45, 2.75) is 6.42 Å². The normalized spacial score (nSPS) is 11.2. The van der Waals surface area contributed by atoms with E-state index in [-0.39, 0.29) is 11.1 Å².